The first kappa shape index (κ1) is 21.6. The number of carbonyl (C=O) groups is 2. The van der Waals surface area contributed by atoms with E-state index in [9.17, 15) is 9.59 Å². The SMILES string of the molecule is COCCNC(=O)C(=O)N/N=C/c1cc(Br)ccc1Nc1c(C)cccc1C. The minimum atomic E-state index is -0.841. The number of hydrazone groups is 1. The molecule has 0 unspecified atom stereocenters. The van der Waals surface area contributed by atoms with Crippen LogP contribution >= 0.6 is 15.9 Å². The molecule has 0 aliphatic carbocycles. The summed E-state index contributed by atoms with van der Waals surface area (Å²) in [7, 11) is 1.51. The summed E-state index contributed by atoms with van der Waals surface area (Å²) in [4.78, 5) is 23.4. The molecule has 0 saturated carbocycles. The zero-order valence-electron chi connectivity index (χ0n) is 16.0. The van der Waals surface area contributed by atoms with Crippen LogP contribution in [0.2, 0.25) is 0 Å². The van der Waals surface area contributed by atoms with Crippen molar-refractivity contribution in [2.75, 3.05) is 25.6 Å². The van der Waals surface area contributed by atoms with E-state index in [4.69, 9.17) is 4.74 Å². The molecule has 0 radical (unpaired) electrons. The van der Waals surface area contributed by atoms with Gasteiger partial charge in [-0.25, -0.2) is 5.43 Å². The monoisotopic (exact) mass is 446 g/mol. The molecule has 148 valence electrons. The van der Waals surface area contributed by atoms with E-state index < -0.39 is 11.8 Å². The Morgan fingerprint density at radius 2 is 1.86 bits per heavy atom. The number of methoxy groups -OCH3 is 1. The number of para-hydroxylation sites is 1. The summed E-state index contributed by atoms with van der Waals surface area (Å²) in [6.45, 7) is 4.64. The molecule has 2 aromatic rings. The number of hydrogen-bond acceptors (Lipinski definition) is 5. The predicted octanol–water partition coefficient (Wildman–Crippen LogP) is 3.02. The zero-order chi connectivity index (χ0) is 20.5. The second-order valence-electron chi connectivity index (χ2n) is 6.07. The molecule has 0 heterocycles. The average Bonchev–Trinajstić information content (AvgIpc) is 2.66. The van der Waals surface area contributed by atoms with Gasteiger partial charge in [-0.1, -0.05) is 34.1 Å². The number of nitrogens with zero attached hydrogens (tertiary/aromatic N) is 1. The third-order valence-electron chi connectivity index (χ3n) is 3.92. The van der Waals surface area contributed by atoms with Crippen molar-refractivity contribution in [2.24, 2.45) is 5.10 Å². The van der Waals surface area contributed by atoms with Crippen LogP contribution in [-0.4, -0.2) is 38.3 Å². The number of benzene rings is 2. The molecule has 2 rings (SSSR count). The van der Waals surface area contributed by atoms with Gasteiger partial charge in [-0.3, -0.25) is 9.59 Å². The highest BCUT2D eigenvalue weighted by molar-refractivity contribution is 9.10. The minimum absolute atomic E-state index is 0.252. The number of anilines is 2. The molecule has 0 aliphatic heterocycles. The highest BCUT2D eigenvalue weighted by Gasteiger charge is 2.11. The Morgan fingerprint density at radius 3 is 2.54 bits per heavy atom. The number of carbonyl (C=O) groups excluding carboxylic acids is 2. The largest absolute Gasteiger partial charge is 0.383 e. The Morgan fingerprint density at radius 1 is 1.14 bits per heavy atom. The highest BCUT2D eigenvalue weighted by atomic mass is 79.9. The fourth-order valence-electron chi connectivity index (χ4n) is 2.46. The van der Waals surface area contributed by atoms with E-state index in [-0.39, 0.29) is 6.54 Å². The molecule has 2 aromatic carbocycles. The maximum absolute atomic E-state index is 11.8. The normalized spacial score (nSPS) is 10.7. The van der Waals surface area contributed by atoms with Gasteiger partial charge in [0.2, 0.25) is 0 Å². The van der Waals surface area contributed by atoms with Gasteiger partial charge in [0.15, 0.2) is 0 Å². The van der Waals surface area contributed by atoms with Crippen LogP contribution in [0.4, 0.5) is 11.4 Å². The minimum Gasteiger partial charge on any atom is -0.383 e. The number of hydrogen-bond donors (Lipinski definition) is 3. The van der Waals surface area contributed by atoms with Crippen molar-refractivity contribution in [3.8, 4) is 0 Å². The van der Waals surface area contributed by atoms with Crippen molar-refractivity contribution in [2.45, 2.75) is 13.8 Å². The maximum atomic E-state index is 11.8. The Hall–Kier alpha value is -2.71. The molecule has 8 heteroatoms. The van der Waals surface area contributed by atoms with Crippen LogP contribution in [0, 0.1) is 13.8 Å². The van der Waals surface area contributed by atoms with Crippen LogP contribution < -0.4 is 16.1 Å². The van der Waals surface area contributed by atoms with Crippen molar-refractivity contribution >= 4 is 45.3 Å². The molecule has 7 nitrogen and oxygen atoms in total. The van der Waals surface area contributed by atoms with E-state index in [1.54, 1.807) is 0 Å². The summed E-state index contributed by atoms with van der Waals surface area (Å²) in [6.07, 6.45) is 1.49. The third-order valence-corrected chi connectivity index (χ3v) is 4.42. The zero-order valence-corrected chi connectivity index (χ0v) is 17.6. The Kier molecular flexibility index (Phi) is 8.16. The van der Waals surface area contributed by atoms with Crippen molar-refractivity contribution < 1.29 is 14.3 Å². The summed E-state index contributed by atoms with van der Waals surface area (Å²) >= 11 is 3.44. The highest BCUT2D eigenvalue weighted by Crippen LogP contribution is 2.27. The molecule has 0 fully saturated rings. The van der Waals surface area contributed by atoms with Gasteiger partial charge in [0, 0.05) is 35.1 Å². The van der Waals surface area contributed by atoms with Crippen molar-refractivity contribution in [3.63, 3.8) is 0 Å². The number of halogens is 1. The van der Waals surface area contributed by atoms with E-state index in [1.807, 2.05) is 50.2 Å². The fourth-order valence-corrected chi connectivity index (χ4v) is 2.84. The molecule has 2 amide bonds. The lowest BCUT2D eigenvalue weighted by atomic mass is 10.1. The standard InChI is InChI=1S/C20H23BrN4O3/c1-13-5-4-6-14(2)18(13)24-17-8-7-16(21)11-15(17)12-23-25-20(27)19(26)22-9-10-28-3/h4-8,11-12,24H,9-10H2,1-3H3,(H,22,26)(H,25,27)/b23-12+. The van der Waals surface area contributed by atoms with Crippen LogP contribution in [0.1, 0.15) is 16.7 Å². The Labute approximate surface area is 172 Å². The van der Waals surface area contributed by atoms with E-state index in [1.165, 1.54) is 13.3 Å². The number of ether oxygens (including phenoxy) is 1. The van der Waals surface area contributed by atoms with Crippen LogP contribution in [0.15, 0.2) is 46.0 Å². The third kappa shape index (κ3) is 6.17. The summed E-state index contributed by atoms with van der Waals surface area (Å²) in [5, 5.41) is 9.74. The fraction of sp³-hybridized carbons (Fsp3) is 0.250. The first-order valence-corrected chi connectivity index (χ1v) is 9.44. The van der Waals surface area contributed by atoms with Gasteiger partial charge in [0.25, 0.3) is 0 Å². The van der Waals surface area contributed by atoms with Gasteiger partial charge < -0.3 is 15.4 Å². The van der Waals surface area contributed by atoms with Crippen LogP contribution in [0.25, 0.3) is 0 Å². The van der Waals surface area contributed by atoms with Gasteiger partial charge in [-0.2, -0.15) is 5.10 Å². The van der Waals surface area contributed by atoms with Crippen LogP contribution in [0.3, 0.4) is 0 Å². The van der Waals surface area contributed by atoms with Gasteiger partial charge in [-0.15, -0.1) is 0 Å². The number of aryl methyl sites for hydroxylation is 2. The molecule has 0 atom stereocenters. The molecule has 0 saturated heterocycles. The lowest BCUT2D eigenvalue weighted by Gasteiger charge is -2.14. The molecule has 0 aliphatic rings. The molecule has 0 bridgehead atoms. The second kappa shape index (κ2) is 10.6. The van der Waals surface area contributed by atoms with Crippen LogP contribution in [0.5, 0.6) is 0 Å². The molecular formula is C20H23BrN4O3. The average molecular weight is 447 g/mol. The lowest BCUT2D eigenvalue weighted by molar-refractivity contribution is -0.139. The smallest absolute Gasteiger partial charge is 0.329 e. The van der Waals surface area contributed by atoms with Crippen LogP contribution in [-0.2, 0) is 14.3 Å². The first-order chi connectivity index (χ1) is 13.4. The van der Waals surface area contributed by atoms with Crippen molar-refractivity contribution in [3.05, 3.63) is 57.6 Å². The molecular weight excluding hydrogens is 424 g/mol. The summed E-state index contributed by atoms with van der Waals surface area (Å²) in [5.74, 6) is -1.61. The van der Waals surface area contributed by atoms with Gasteiger partial charge in [0.1, 0.15) is 0 Å². The van der Waals surface area contributed by atoms with Crippen molar-refractivity contribution in [1.29, 1.82) is 0 Å². The first-order valence-electron chi connectivity index (χ1n) is 8.65. The number of nitrogens with one attached hydrogen (secondary N) is 3. The topological polar surface area (TPSA) is 91.8 Å². The Bertz CT molecular complexity index is 863. The summed E-state index contributed by atoms with van der Waals surface area (Å²) < 4.78 is 5.68. The quantitative estimate of drug-likeness (QED) is 0.263. The summed E-state index contributed by atoms with van der Waals surface area (Å²) in [6, 6.07) is 11.8. The second-order valence-corrected chi connectivity index (χ2v) is 6.99. The summed E-state index contributed by atoms with van der Waals surface area (Å²) in [5.41, 5.74) is 7.05. The van der Waals surface area contributed by atoms with Gasteiger partial charge in [-0.05, 0) is 43.2 Å². The van der Waals surface area contributed by atoms with E-state index >= 15 is 0 Å². The maximum Gasteiger partial charge on any atom is 0.329 e. The van der Waals surface area contributed by atoms with Gasteiger partial charge in [0.05, 0.1) is 12.8 Å². The molecule has 3 N–H and O–H groups in total. The molecule has 0 spiro atoms. The van der Waals surface area contributed by atoms with E-state index in [2.05, 4.69) is 37.1 Å². The van der Waals surface area contributed by atoms with E-state index in [0.29, 0.717) is 6.61 Å². The molecule has 28 heavy (non-hydrogen) atoms. The lowest BCUT2D eigenvalue weighted by Crippen LogP contribution is -2.39. The van der Waals surface area contributed by atoms with Gasteiger partial charge >= 0.3 is 11.8 Å². The Balaban J connectivity index is 2.11. The predicted molar refractivity (Wildman–Crippen MR) is 114 cm³/mol. The number of rotatable bonds is 7. The number of amides is 2. The van der Waals surface area contributed by atoms with E-state index in [0.717, 1.165) is 32.5 Å². The van der Waals surface area contributed by atoms with Crippen molar-refractivity contribution in [1.82, 2.24) is 10.7 Å². The molecule has 0 aromatic heterocycles.